The van der Waals surface area contributed by atoms with Crippen molar-refractivity contribution in [1.82, 2.24) is 5.32 Å². The molecule has 1 heterocycles. The second-order valence-electron chi connectivity index (χ2n) is 5.94. The fraction of sp³-hybridized carbons (Fsp3) is 0.471. The van der Waals surface area contributed by atoms with Crippen molar-refractivity contribution in [3.63, 3.8) is 0 Å². The maximum atomic E-state index is 12.5. The van der Waals surface area contributed by atoms with Crippen LogP contribution >= 0.6 is 11.3 Å². The third-order valence-electron chi connectivity index (χ3n) is 4.51. The minimum Gasteiger partial charge on any atom is -0.399 e. The number of rotatable bonds is 3. The van der Waals surface area contributed by atoms with Gasteiger partial charge >= 0.3 is 0 Å². The van der Waals surface area contributed by atoms with Crippen molar-refractivity contribution in [3.8, 4) is 0 Å². The van der Waals surface area contributed by atoms with Gasteiger partial charge in [-0.05, 0) is 48.4 Å². The van der Waals surface area contributed by atoms with Crippen LogP contribution in [0.1, 0.15) is 48.7 Å². The summed E-state index contributed by atoms with van der Waals surface area (Å²) in [6.45, 7) is 2.22. The number of nitrogen functional groups attached to an aromatic ring is 1. The van der Waals surface area contributed by atoms with Crippen molar-refractivity contribution in [2.75, 3.05) is 5.73 Å². The number of fused-ring (bicyclic) bond motifs is 1. The first-order chi connectivity index (χ1) is 10.2. The first kappa shape index (κ1) is 14.4. The zero-order valence-corrected chi connectivity index (χ0v) is 13.2. The number of carbonyl (C=O) groups excluding carboxylic acids is 1. The Labute approximate surface area is 129 Å². The van der Waals surface area contributed by atoms with Crippen LogP contribution in [-0.2, 0) is 0 Å². The van der Waals surface area contributed by atoms with E-state index >= 15 is 0 Å². The topological polar surface area (TPSA) is 55.1 Å². The van der Waals surface area contributed by atoms with Gasteiger partial charge in [0.1, 0.15) is 0 Å². The van der Waals surface area contributed by atoms with Crippen LogP contribution in [0.15, 0.2) is 24.3 Å². The molecule has 4 heteroatoms. The smallest absolute Gasteiger partial charge is 0.261 e. The maximum Gasteiger partial charge on any atom is 0.261 e. The Morgan fingerprint density at radius 1 is 1.33 bits per heavy atom. The van der Waals surface area contributed by atoms with Crippen LogP contribution in [0.5, 0.6) is 0 Å². The number of hydrogen-bond acceptors (Lipinski definition) is 3. The highest BCUT2D eigenvalue weighted by atomic mass is 32.1. The molecule has 1 fully saturated rings. The maximum absolute atomic E-state index is 12.5. The molecular weight excluding hydrogens is 280 g/mol. The summed E-state index contributed by atoms with van der Waals surface area (Å²) in [5, 5.41) is 4.31. The third-order valence-corrected chi connectivity index (χ3v) is 5.63. The zero-order valence-electron chi connectivity index (χ0n) is 12.4. The Morgan fingerprint density at radius 3 is 2.95 bits per heavy atom. The van der Waals surface area contributed by atoms with Gasteiger partial charge in [0, 0.05) is 16.4 Å². The van der Waals surface area contributed by atoms with Gasteiger partial charge < -0.3 is 11.1 Å². The molecule has 1 amide bonds. The lowest BCUT2D eigenvalue weighted by atomic mass is 9.83. The average molecular weight is 302 g/mol. The predicted octanol–water partition coefficient (Wildman–Crippen LogP) is 4.18. The summed E-state index contributed by atoms with van der Waals surface area (Å²) in [6, 6.07) is 8.09. The number of hydrogen-bond donors (Lipinski definition) is 2. The number of thiophene rings is 1. The summed E-state index contributed by atoms with van der Waals surface area (Å²) < 4.78 is 1.12. The molecule has 3 nitrogen and oxygen atoms in total. The van der Waals surface area contributed by atoms with E-state index < -0.39 is 0 Å². The standard InChI is InChI=1S/C17H22N2OS/c1-2-11-5-3-4-6-14(11)19-17(20)16-10-12-9-13(18)7-8-15(12)21-16/h7-11,14H,2-6,18H2,1H3,(H,19,20). The van der Waals surface area contributed by atoms with Crippen molar-refractivity contribution < 1.29 is 4.79 Å². The number of benzene rings is 1. The van der Waals surface area contributed by atoms with Gasteiger partial charge in [0.25, 0.3) is 5.91 Å². The number of carbonyl (C=O) groups is 1. The molecule has 0 aliphatic heterocycles. The van der Waals surface area contributed by atoms with E-state index in [2.05, 4.69) is 12.2 Å². The van der Waals surface area contributed by atoms with E-state index in [1.807, 2.05) is 24.3 Å². The molecule has 2 unspecified atom stereocenters. The molecule has 0 radical (unpaired) electrons. The van der Waals surface area contributed by atoms with E-state index in [1.165, 1.54) is 19.3 Å². The number of nitrogens with one attached hydrogen (secondary N) is 1. The van der Waals surface area contributed by atoms with Gasteiger partial charge in [0.05, 0.1) is 4.88 Å². The zero-order chi connectivity index (χ0) is 14.8. The summed E-state index contributed by atoms with van der Waals surface area (Å²) in [6.07, 6.45) is 6.03. The van der Waals surface area contributed by atoms with E-state index in [0.717, 1.165) is 33.5 Å². The molecule has 21 heavy (non-hydrogen) atoms. The fourth-order valence-corrected chi connectivity index (χ4v) is 4.25. The van der Waals surface area contributed by atoms with E-state index in [9.17, 15) is 4.79 Å². The van der Waals surface area contributed by atoms with E-state index in [-0.39, 0.29) is 5.91 Å². The summed E-state index contributed by atoms with van der Waals surface area (Å²) >= 11 is 1.54. The van der Waals surface area contributed by atoms with Crippen molar-refractivity contribution in [3.05, 3.63) is 29.1 Å². The highest BCUT2D eigenvalue weighted by Gasteiger charge is 2.25. The molecular formula is C17H22N2OS. The van der Waals surface area contributed by atoms with Crippen LogP contribution in [-0.4, -0.2) is 11.9 Å². The molecule has 2 aromatic rings. The predicted molar refractivity (Wildman–Crippen MR) is 89.7 cm³/mol. The second kappa shape index (κ2) is 6.06. The fourth-order valence-electron chi connectivity index (χ4n) is 3.30. The molecule has 112 valence electrons. The summed E-state index contributed by atoms with van der Waals surface area (Å²) in [7, 11) is 0. The van der Waals surface area contributed by atoms with Crippen molar-refractivity contribution >= 4 is 33.0 Å². The largest absolute Gasteiger partial charge is 0.399 e. The lowest BCUT2D eigenvalue weighted by molar-refractivity contribution is 0.0909. The molecule has 0 spiro atoms. The van der Waals surface area contributed by atoms with Gasteiger partial charge in [-0.15, -0.1) is 11.3 Å². The van der Waals surface area contributed by atoms with Crippen molar-refractivity contribution in [2.24, 2.45) is 5.92 Å². The highest BCUT2D eigenvalue weighted by molar-refractivity contribution is 7.20. The van der Waals surface area contributed by atoms with Crippen molar-refractivity contribution in [1.29, 1.82) is 0 Å². The average Bonchev–Trinajstić information content (AvgIpc) is 2.91. The van der Waals surface area contributed by atoms with Gasteiger partial charge in [-0.3, -0.25) is 4.79 Å². The molecule has 3 N–H and O–H groups in total. The Balaban J connectivity index is 1.77. The van der Waals surface area contributed by atoms with Gasteiger partial charge in [-0.1, -0.05) is 26.2 Å². The molecule has 3 rings (SSSR count). The summed E-state index contributed by atoms with van der Waals surface area (Å²) in [5.41, 5.74) is 6.54. The highest BCUT2D eigenvalue weighted by Crippen LogP contribution is 2.29. The Bertz CT molecular complexity index is 649. The number of anilines is 1. The summed E-state index contributed by atoms with van der Waals surface area (Å²) in [5.74, 6) is 0.702. The lowest BCUT2D eigenvalue weighted by Gasteiger charge is -2.31. The lowest BCUT2D eigenvalue weighted by Crippen LogP contribution is -2.41. The van der Waals surface area contributed by atoms with Gasteiger partial charge in [0.2, 0.25) is 0 Å². The van der Waals surface area contributed by atoms with E-state index in [1.54, 1.807) is 11.3 Å². The Morgan fingerprint density at radius 2 is 2.14 bits per heavy atom. The quantitative estimate of drug-likeness (QED) is 0.836. The Kier molecular flexibility index (Phi) is 4.15. The minimum atomic E-state index is 0.0696. The van der Waals surface area contributed by atoms with E-state index in [4.69, 9.17) is 5.73 Å². The molecule has 1 aromatic carbocycles. The first-order valence-electron chi connectivity index (χ1n) is 7.77. The monoisotopic (exact) mass is 302 g/mol. The van der Waals surface area contributed by atoms with Crippen LogP contribution in [0.3, 0.4) is 0 Å². The first-order valence-corrected chi connectivity index (χ1v) is 8.59. The van der Waals surface area contributed by atoms with Crippen LogP contribution in [0.4, 0.5) is 5.69 Å². The van der Waals surface area contributed by atoms with Crippen molar-refractivity contribution in [2.45, 2.75) is 45.1 Å². The van der Waals surface area contributed by atoms with Gasteiger partial charge in [-0.2, -0.15) is 0 Å². The van der Waals surface area contributed by atoms with E-state index in [0.29, 0.717) is 12.0 Å². The SMILES string of the molecule is CCC1CCCCC1NC(=O)c1cc2cc(N)ccc2s1. The molecule has 0 saturated heterocycles. The van der Waals surface area contributed by atoms with Gasteiger partial charge in [0.15, 0.2) is 0 Å². The normalized spacial score (nSPS) is 22.3. The van der Waals surface area contributed by atoms with Crippen LogP contribution < -0.4 is 11.1 Å². The third kappa shape index (κ3) is 3.05. The van der Waals surface area contributed by atoms with Crippen LogP contribution in [0.2, 0.25) is 0 Å². The molecule has 1 aromatic heterocycles. The van der Waals surface area contributed by atoms with Gasteiger partial charge in [-0.25, -0.2) is 0 Å². The second-order valence-corrected chi connectivity index (χ2v) is 7.02. The summed E-state index contributed by atoms with van der Waals surface area (Å²) in [4.78, 5) is 13.3. The molecule has 1 saturated carbocycles. The van der Waals surface area contributed by atoms with Crippen LogP contribution in [0.25, 0.3) is 10.1 Å². The molecule has 0 bridgehead atoms. The number of amides is 1. The molecule has 1 aliphatic carbocycles. The molecule has 1 aliphatic rings. The van der Waals surface area contributed by atoms with Crippen LogP contribution in [0, 0.1) is 5.92 Å². The number of nitrogens with two attached hydrogens (primary N) is 1. The molecule has 2 atom stereocenters. The minimum absolute atomic E-state index is 0.0696. The Hall–Kier alpha value is -1.55.